The van der Waals surface area contributed by atoms with Gasteiger partial charge in [0, 0.05) is 16.7 Å². The van der Waals surface area contributed by atoms with Crippen LogP contribution in [0.1, 0.15) is 36.0 Å². The molecular formula is C14H15Cl2NO3S. The Labute approximate surface area is 133 Å². The molecule has 2 fully saturated rings. The number of rotatable bonds is 5. The van der Waals surface area contributed by atoms with Gasteiger partial charge in [-0.25, -0.2) is 8.42 Å². The van der Waals surface area contributed by atoms with Crippen LogP contribution in [0, 0.1) is 11.8 Å². The first-order valence-electron chi connectivity index (χ1n) is 6.91. The van der Waals surface area contributed by atoms with Crippen LogP contribution in [-0.2, 0) is 9.05 Å². The lowest BCUT2D eigenvalue weighted by Crippen LogP contribution is -2.38. The Morgan fingerprint density at radius 3 is 2.24 bits per heavy atom. The summed E-state index contributed by atoms with van der Waals surface area (Å²) in [5.74, 6) is 0.784. The van der Waals surface area contributed by atoms with Crippen LogP contribution in [-0.4, -0.2) is 20.4 Å². The van der Waals surface area contributed by atoms with Gasteiger partial charge in [-0.15, -0.1) is 0 Å². The van der Waals surface area contributed by atoms with Gasteiger partial charge in [0.25, 0.3) is 15.0 Å². The summed E-state index contributed by atoms with van der Waals surface area (Å²) < 4.78 is 22.7. The van der Waals surface area contributed by atoms with Crippen molar-refractivity contribution < 1.29 is 13.2 Å². The largest absolute Gasteiger partial charge is 0.349 e. The summed E-state index contributed by atoms with van der Waals surface area (Å²) in [5, 5.41) is 3.24. The van der Waals surface area contributed by atoms with Gasteiger partial charge >= 0.3 is 0 Å². The van der Waals surface area contributed by atoms with E-state index in [-0.39, 0.29) is 27.4 Å². The third-order valence-corrected chi connectivity index (χ3v) is 5.70. The second kappa shape index (κ2) is 5.45. The lowest BCUT2D eigenvalue weighted by molar-refractivity contribution is 0.0926. The zero-order valence-corrected chi connectivity index (χ0v) is 13.5. The molecular weight excluding hydrogens is 333 g/mol. The van der Waals surface area contributed by atoms with E-state index in [1.54, 1.807) is 0 Å². The third kappa shape index (κ3) is 3.52. The van der Waals surface area contributed by atoms with E-state index in [1.165, 1.54) is 18.2 Å². The minimum atomic E-state index is -3.88. The number of benzene rings is 1. The summed E-state index contributed by atoms with van der Waals surface area (Å²) in [6, 6.07) is 4.09. The summed E-state index contributed by atoms with van der Waals surface area (Å²) in [6.07, 6.45) is 4.58. The molecule has 7 heteroatoms. The Balaban J connectivity index is 1.83. The van der Waals surface area contributed by atoms with E-state index in [0.29, 0.717) is 11.8 Å². The predicted octanol–water partition coefficient (Wildman–Crippen LogP) is 3.19. The number of carbonyl (C=O) groups is 1. The van der Waals surface area contributed by atoms with Gasteiger partial charge in [-0.2, -0.15) is 0 Å². The molecule has 0 aliphatic heterocycles. The number of amides is 1. The normalized spacial score (nSPS) is 18.8. The molecule has 0 radical (unpaired) electrons. The highest BCUT2D eigenvalue weighted by Gasteiger charge is 2.42. The molecule has 0 unspecified atom stereocenters. The van der Waals surface area contributed by atoms with E-state index in [2.05, 4.69) is 5.32 Å². The zero-order valence-electron chi connectivity index (χ0n) is 11.2. The SMILES string of the molecule is O=C(NC(C1CC1)C1CC1)c1cc(S(=O)(=O)Cl)ccc1Cl. The average molecular weight is 348 g/mol. The van der Waals surface area contributed by atoms with Crippen molar-refractivity contribution >= 4 is 37.2 Å². The van der Waals surface area contributed by atoms with Crippen molar-refractivity contribution in [3.63, 3.8) is 0 Å². The van der Waals surface area contributed by atoms with Gasteiger partial charge in [0.05, 0.1) is 15.5 Å². The Kier molecular flexibility index (Phi) is 3.93. The molecule has 1 aromatic carbocycles. The smallest absolute Gasteiger partial charge is 0.261 e. The van der Waals surface area contributed by atoms with Crippen LogP contribution < -0.4 is 5.32 Å². The minimum absolute atomic E-state index is 0.117. The molecule has 114 valence electrons. The van der Waals surface area contributed by atoms with Crippen molar-refractivity contribution in [3.8, 4) is 0 Å². The zero-order chi connectivity index (χ0) is 15.2. The highest BCUT2D eigenvalue weighted by molar-refractivity contribution is 8.13. The van der Waals surface area contributed by atoms with Crippen molar-refractivity contribution in [3.05, 3.63) is 28.8 Å². The molecule has 2 aliphatic carbocycles. The maximum Gasteiger partial charge on any atom is 0.261 e. The highest BCUT2D eigenvalue weighted by Crippen LogP contribution is 2.44. The van der Waals surface area contributed by atoms with Crippen LogP contribution in [0.5, 0.6) is 0 Å². The Hall–Kier alpha value is -0.780. The summed E-state index contributed by atoms with van der Waals surface area (Å²) >= 11 is 6.02. The highest BCUT2D eigenvalue weighted by atomic mass is 35.7. The van der Waals surface area contributed by atoms with Crippen LogP contribution >= 0.6 is 22.3 Å². The predicted molar refractivity (Wildman–Crippen MR) is 81.2 cm³/mol. The number of hydrogen-bond acceptors (Lipinski definition) is 3. The van der Waals surface area contributed by atoms with Crippen molar-refractivity contribution in [2.75, 3.05) is 0 Å². The molecule has 2 saturated carbocycles. The van der Waals surface area contributed by atoms with Crippen LogP contribution in [0.25, 0.3) is 0 Å². The minimum Gasteiger partial charge on any atom is -0.349 e. The lowest BCUT2D eigenvalue weighted by Gasteiger charge is -2.18. The molecule has 1 aromatic rings. The van der Waals surface area contributed by atoms with Crippen molar-refractivity contribution in [2.24, 2.45) is 11.8 Å². The van der Waals surface area contributed by atoms with E-state index in [9.17, 15) is 13.2 Å². The number of nitrogens with one attached hydrogen (secondary N) is 1. The molecule has 0 spiro atoms. The molecule has 1 N–H and O–H groups in total. The number of hydrogen-bond donors (Lipinski definition) is 1. The molecule has 2 aliphatic rings. The summed E-state index contributed by atoms with van der Waals surface area (Å²) in [7, 11) is 1.43. The van der Waals surface area contributed by atoms with Gasteiger partial charge in [0.2, 0.25) is 0 Å². The maximum absolute atomic E-state index is 12.4. The molecule has 4 nitrogen and oxygen atoms in total. The van der Waals surface area contributed by atoms with Crippen LogP contribution in [0.4, 0.5) is 0 Å². The fourth-order valence-electron chi connectivity index (χ4n) is 2.59. The number of carbonyl (C=O) groups excluding carboxylic acids is 1. The van der Waals surface area contributed by atoms with Crippen molar-refractivity contribution in [2.45, 2.75) is 36.6 Å². The fraction of sp³-hybridized carbons (Fsp3) is 0.500. The first-order valence-corrected chi connectivity index (χ1v) is 9.60. The van der Waals surface area contributed by atoms with Gasteiger partial charge in [0.15, 0.2) is 0 Å². The molecule has 0 aromatic heterocycles. The molecule has 1 amide bonds. The van der Waals surface area contributed by atoms with Gasteiger partial charge in [-0.3, -0.25) is 4.79 Å². The summed E-state index contributed by atoms with van der Waals surface area (Å²) in [4.78, 5) is 12.3. The van der Waals surface area contributed by atoms with E-state index in [0.717, 1.165) is 25.7 Å². The third-order valence-electron chi connectivity index (χ3n) is 4.02. The summed E-state index contributed by atoms with van der Waals surface area (Å²) in [5.41, 5.74) is 0.157. The van der Waals surface area contributed by atoms with Gasteiger partial charge < -0.3 is 5.32 Å². The molecule has 21 heavy (non-hydrogen) atoms. The van der Waals surface area contributed by atoms with E-state index in [4.69, 9.17) is 22.3 Å². The van der Waals surface area contributed by atoms with E-state index < -0.39 is 9.05 Å². The number of halogens is 2. The Morgan fingerprint density at radius 1 is 1.19 bits per heavy atom. The Morgan fingerprint density at radius 2 is 1.76 bits per heavy atom. The second-order valence-corrected chi connectivity index (χ2v) is 8.73. The molecule has 0 bridgehead atoms. The average Bonchev–Trinajstić information content (AvgIpc) is 3.27. The van der Waals surface area contributed by atoms with Gasteiger partial charge in [-0.1, -0.05) is 11.6 Å². The Bertz CT molecular complexity index is 669. The first kappa shape index (κ1) is 15.1. The topological polar surface area (TPSA) is 63.2 Å². The fourth-order valence-corrected chi connectivity index (χ4v) is 3.57. The van der Waals surface area contributed by atoms with Crippen molar-refractivity contribution in [1.29, 1.82) is 0 Å². The lowest BCUT2D eigenvalue weighted by atomic mass is 10.1. The van der Waals surface area contributed by atoms with Crippen LogP contribution in [0.15, 0.2) is 23.1 Å². The first-order chi connectivity index (χ1) is 9.86. The molecule has 3 rings (SSSR count). The second-order valence-electron chi connectivity index (χ2n) is 5.75. The van der Waals surface area contributed by atoms with E-state index >= 15 is 0 Å². The maximum atomic E-state index is 12.4. The standard InChI is InChI=1S/C14H15Cl2NO3S/c15-12-6-5-10(21(16,19)20)7-11(12)14(18)17-13(8-1-2-8)9-3-4-9/h5-9,13H,1-4H2,(H,17,18). The molecule has 0 heterocycles. The van der Waals surface area contributed by atoms with Gasteiger partial charge in [0.1, 0.15) is 0 Å². The molecule has 0 saturated heterocycles. The molecule has 0 atom stereocenters. The quantitative estimate of drug-likeness (QED) is 0.832. The van der Waals surface area contributed by atoms with Gasteiger partial charge in [-0.05, 0) is 55.7 Å². The van der Waals surface area contributed by atoms with Crippen molar-refractivity contribution in [1.82, 2.24) is 5.32 Å². The van der Waals surface area contributed by atoms with Crippen LogP contribution in [0.2, 0.25) is 5.02 Å². The monoisotopic (exact) mass is 347 g/mol. The summed E-state index contributed by atoms with van der Waals surface area (Å²) in [6.45, 7) is 0. The van der Waals surface area contributed by atoms with Crippen LogP contribution in [0.3, 0.4) is 0 Å². The van der Waals surface area contributed by atoms with E-state index in [1.807, 2.05) is 0 Å².